The molecule has 0 unspecified atom stereocenters. The summed E-state index contributed by atoms with van der Waals surface area (Å²) < 4.78 is 17.7. The summed E-state index contributed by atoms with van der Waals surface area (Å²) in [6.45, 7) is 6.95. The van der Waals surface area contributed by atoms with Crippen molar-refractivity contribution in [2.75, 3.05) is 59.7 Å². The first-order chi connectivity index (χ1) is 21.8. The zero-order valence-corrected chi connectivity index (χ0v) is 26.9. The Morgan fingerprint density at radius 3 is 2.51 bits per heavy atom. The van der Waals surface area contributed by atoms with Crippen LogP contribution in [0.4, 0.5) is 0 Å². The molecular weight excluding hydrogens is 568 g/mol. The van der Waals surface area contributed by atoms with Crippen molar-refractivity contribution in [1.82, 2.24) is 9.80 Å². The van der Waals surface area contributed by atoms with Gasteiger partial charge in [0.25, 0.3) is 0 Å². The van der Waals surface area contributed by atoms with Gasteiger partial charge in [-0.3, -0.25) is 14.5 Å². The highest BCUT2D eigenvalue weighted by Crippen LogP contribution is 2.50. The molecule has 2 heterocycles. The Balaban J connectivity index is 0.878. The summed E-state index contributed by atoms with van der Waals surface area (Å²) in [6.07, 6.45) is 9.83. The lowest BCUT2D eigenvalue weighted by molar-refractivity contribution is -0.143. The van der Waals surface area contributed by atoms with E-state index in [9.17, 15) is 14.7 Å². The molecule has 2 aromatic carbocycles. The highest BCUT2D eigenvalue weighted by atomic mass is 16.5. The molecule has 2 aromatic rings. The van der Waals surface area contributed by atoms with Crippen molar-refractivity contribution < 1.29 is 28.9 Å². The maximum atomic E-state index is 12.8. The van der Waals surface area contributed by atoms with Gasteiger partial charge in [-0.1, -0.05) is 18.2 Å². The fourth-order valence-electron chi connectivity index (χ4n) is 8.09. The summed E-state index contributed by atoms with van der Waals surface area (Å²) in [7, 11) is 1.88. The third kappa shape index (κ3) is 7.66. The Morgan fingerprint density at radius 2 is 1.73 bits per heavy atom. The van der Waals surface area contributed by atoms with E-state index in [0.717, 1.165) is 76.2 Å². The van der Waals surface area contributed by atoms with Crippen LogP contribution in [0.1, 0.15) is 74.5 Å². The number of ether oxygens (including phenoxy) is 3. The molecule has 6 rings (SSSR count). The fraction of sp³-hybridized carbons (Fsp3) is 0.622. The number of likely N-dealkylation sites (tertiary alicyclic amines) is 1. The molecule has 4 aliphatic rings. The number of carbonyl (C=O) groups is 2. The second-order valence-corrected chi connectivity index (χ2v) is 14.0. The molecule has 2 saturated heterocycles. The molecule has 0 atom stereocenters. The van der Waals surface area contributed by atoms with E-state index >= 15 is 0 Å². The number of fused-ring (bicyclic) bond motifs is 2. The molecule has 1 N–H and O–H groups in total. The number of aliphatic carboxylic acids is 1. The maximum absolute atomic E-state index is 12.8. The second kappa shape index (κ2) is 14.1. The van der Waals surface area contributed by atoms with Crippen LogP contribution in [0.2, 0.25) is 0 Å². The van der Waals surface area contributed by atoms with Gasteiger partial charge < -0.3 is 24.2 Å². The topological polar surface area (TPSA) is 88.5 Å². The second-order valence-electron chi connectivity index (χ2n) is 14.0. The van der Waals surface area contributed by atoms with E-state index in [-0.39, 0.29) is 17.2 Å². The predicted molar refractivity (Wildman–Crippen MR) is 173 cm³/mol. The van der Waals surface area contributed by atoms with Gasteiger partial charge in [-0.15, -0.1) is 0 Å². The molecule has 8 nitrogen and oxygen atoms in total. The first-order valence-electron chi connectivity index (χ1n) is 17.1. The van der Waals surface area contributed by atoms with E-state index in [1.54, 1.807) is 0 Å². The van der Waals surface area contributed by atoms with Gasteiger partial charge in [0.15, 0.2) is 0 Å². The Bertz CT molecular complexity index is 1320. The van der Waals surface area contributed by atoms with Crippen LogP contribution in [0.5, 0.6) is 11.5 Å². The number of carboxylic acids is 1. The summed E-state index contributed by atoms with van der Waals surface area (Å²) in [5, 5.41) is 9.42. The lowest BCUT2D eigenvalue weighted by atomic mass is 9.67. The van der Waals surface area contributed by atoms with Crippen LogP contribution in [0, 0.1) is 11.3 Å². The molecule has 2 aliphatic heterocycles. The summed E-state index contributed by atoms with van der Waals surface area (Å²) in [6, 6.07) is 14.6. The van der Waals surface area contributed by atoms with Crippen LogP contribution in [0.15, 0.2) is 42.5 Å². The molecule has 0 aromatic heterocycles. The molecule has 8 heteroatoms. The Hall–Kier alpha value is -3.10. The standard InChI is InChI=1S/C37H50N2O6/c1-38(18-12-28-4-2-5-31(24-28)45-23-19-39-26-36(27-39)16-21-43-22-17-36)34(40)6-3-20-44-32-8-7-29-9-13-37(33(29)25-32)14-10-30(11-15-37)35(41)42/h2,4-5,7-8,24-25,30H,3,6,9-23,26-27H2,1H3,(H,41,42). The molecule has 0 bridgehead atoms. The number of carbonyl (C=O) groups excluding carboxylic acids is 1. The summed E-state index contributed by atoms with van der Waals surface area (Å²) in [4.78, 5) is 28.6. The number of aryl methyl sites for hydroxylation is 1. The molecule has 45 heavy (non-hydrogen) atoms. The normalized spacial score (nSPS) is 23.8. The smallest absolute Gasteiger partial charge is 0.306 e. The number of hydrogen-bond acceptors (Lipinski definition) is 6. The number of nitrogens with zero attached hydrogens (tertiary/aromatic N) is 2. The van der Waals surface area contributed by atoms with Gasteiger partial charge in [0.05, 0.1) is 12.5 Å². The predicted octanol–water partition coefficient (Wildman–Crippen LogP) is 5.50. The monoisotopic (exact) mass is 618 g/mol. The Labute approximate surface area is 268 Å². The minimum Gasteiger partial charge on any atom is -0.494 e. The third-order valence-electron chi connectivity index (χ3n) is 11.0. The summed E-state index contributed by atoms with van der Waals surface area (Å²) in [5.74, 6) is 1.02. The van der Waals surface area contributed by atoms with Crippen LogP contribution < -0.4 is 9.47 Å². The molecule has 1 amide bonds. The molecule has 2 spiro atoms. The van der Waals surface area contributed by atoms with E-state index in [1.165, 1.54) is 42.6 Å². The SMILES string of the molecule is CN(CCc1cccc(OCCN2CC3(CCOCC3)C2)c1)C(=O)CCCOc1ccc2c(c1)C1(CC2)CCC(C(=O)O)CC1. The Morgan fingerprint density at radius 1 is 0.978 bits per heavy atom. The Kier molecular flexibility index (Phi) is 10.0. The molecule has 0 radical (unpaired) electrons. The van der Waals surface area contributed by atoms with Crippen LogP contribution in [-0.4, -0.2) is 86.4 Å². The minimum absolute atomic E-state index is 0.105. The van der Waals surface area contributed by atoms with E-state index < -0.39 is 5.97 Å². The molecular formula is C37H50N2O6. The van der Waals surface area contributed by atoms with Gasteiger partial charge in [0, 0.05) is 58.3 Å². The van der Waals surface area contributed by atoms with Crippen LogP contribution in [0.25, 0.3) is 0 Å². The number of amides is 1. The van der Waals surface area contributed by atoms with Crippen LogP contribution >= 0.6 is 0 Å². The number of carboxylic acid groups (broad SMARTS) is 1. The fourth-order valence-corrected chi connectivity index (χ4v) is 8.09. The molecule has 2 aliphatic carbocycles. The van der Waals surface area contributed by atoms with Crippen LogP contribution in [0.3, 0.4) is 0 Å². The highest BCUT2D eigenvalue weighted by molar-refractivity contribution is 5.75. The van der Waals surface area contributed by atoms with E-state index in [0.29, 0.717) is 38.0 Å². The maximum Gasteiger partial charge on any atom is 0.306 e. The quantitative estimate of drug-likeness (QED) is 0.297. The van der Waals surface area contributed by atoms with Gasteiger partial charge in [-0.05, 0) is 111 Å². The first-order valence-corrected chi connectivity index (χ1v) is 17.1. The third-order valence-corrected chi connectivity index (χ3v) is 11.0. The van der Waals surface area contributed by atoms with Crippen molar-refractivity contribution in [3.8, 4) is 11.5 Å². The van der Waals surface area contributed by atoms with Crippen molar-refractivity contribution in [2.45, 2.75) is 76.0 Å². The molecule has 3 fully saturated rings. The average molecular weight is 619 g/mol. The van der Waals surface area contributed by atoms with E-state index in [1.807, 2.05) is 30.1 Å². The van der Waals surface area contributed by atoms with Gasteiger partial charge in [0.1, 0.15) is 18.1 Å². The van der Waals surface area contributed by atoms with Crippen molar-refractivity contribution in [1.29, 1.82) is 0 Å². The number of likely N-dealkylation sites (N-methyl/N-ethyl adjacent to an activating group) is 1. The van der Waals surface area contributed by atoms with Gasteiger partial charge in [-0.2, -0.15) is 0 Å². The first kappa shape index (κ1) is 31.9. The van der Waals surface area contributed by atoms with Crippen molar-refractivity contribution in [2.24, 2.45) is 11.3 Å². The van der Waals surface area contributed by atoms with Crippen molar-refractivity contribution in [3.63, 3.8) is 0 Å². The molecule has 1 saturated carbocycles. The minimum atomic E-state index is -0.656. The van der Waals surface area contributed by atoms with E-state index in [4.69, 9.17) is 14.2 Å². The van der Waals surface area contributed by atoms with Crippen molar-refractivity contribution in [3.05, 3.63) is 59.2 Å². The lowest BCUT2D eigenvalue weighted by Gasteiger charge is -2.52. The van der Waals surface area contributed by atoms with Crippen molar-refractivity contribution >= 4 is 11.9 Å². The number of hydrogen-bond donors (Lipinski definition) is 1. The van der Waals surface area contributed by atoms with Gasteiger partial charge in [-0.25, -0.2) is 0 Å². The highest BCUT2D eigenvalue weighted by Gasteiger charge is 2.44. The number of rotatable bonds is 13. The molecule has 244 valence electrons. The zero-order valence-electron chi connectivity index (χ0n) is 26.9. The summed E-state index contributed by atoms with van der Waals surface area (Å²) in [5.41, 5.74) is 4.50. The summed E-state index contributed by atoms with van der Waals surface area (Å²) >= 11 is 0. The van der Waals surface area contributed by atoms with Gasteiger partial charge >= 0.3 is 5.97 Å². The largest absolute Gasteiger partial charge is 0.494 e. The van der Waals surface area contributed by atoms with Gasteiger partial charge in [0.2, 0.25) is 5.91 Å². The average Bonchev–Trinajstić information content (AvgIpc) is 3.38. The lowest BCUT2D eigenvalue weighted by Crippen LogP contribution is -2.59. The van der Waals surface area contributed by atoms with Crippen LogP contribution in [-0.2, 0) is 32.6 Å². The number of benzene rings is 2. The zero-order chi connectivity index (χ0) is 31.3. The van der Waals surface area contributed by atoms with E-state index in [2.05, 4.69) is 29.2 Å².